The Morgan fingerprint density at radius 2 is 1.83 bits per heavy atom. The number of methoxy groups -OCH3 is 1. The van der Waals surface area contributed by atoms with Crippen LogP contribution in [0.3, 0.4) is 0 Å². The first kappa shape index (κ1) is 32.5. The highest BCUT2D eigenvalue weighted by Gasteiger charge is 2.54. The molecule has 6 atom stereocenters. The predicted octanol–water partition coefficient (Wildman–Crippen LogP) is 2.56. The lowest BCUT2D eigenvalue weighted by atomic mass is 9.80. The lowest BCUT2D eigenvalue weighted by molar-refractivity contribution is -0.186. The van der Waals surface area contributed by atoms with Gasteiger partial charge in [0.2, 0.25) is 11.8 Å². The van der Waals surface area contributed by atoms with Crippen molar-refractivity contribution in [2.75, 3.05) is 13.7 Å². The fraction of sp³-hybridized carbons (Fsp3) is 0.654. The van der Waals surface area contributed by atoms with Gasteiger partial charge in [-0.05, 0) is 38.8 Å². The molecular formula is C26H33F5N4O6S. The van der Waals surface area contributed by atoms with Crippen molar-refractivity contribution < 1.29 is 51.5 Å². The highest BCUT2D eigenvalue weighted by Crippen LogP contribution is 2.46. The highest BCUT2D eigenvalue weighted by molar-refractivity contribution is 8.01. The number of thioether (sulfide) groups is 1. The van der Waals surface area contributed by atoms with Gasteiger partial charge in [0, 0.05) is 31.6 Å². The van der Waals surface area contributed by atoms with Gasteiger partial charge in [0.1, 0.15) is 40.7 Å². The Morgan fingerprint density at radius 3 is 2.38 bits per heavy atom. The summed E-state index contributed by atoms with van der Waals surface area (Å²) in [6, 6.07) is -0.0338. The largest absolute Gasteiger partial charge is 0.394 e. The van der Waals surface area contributed by atoms with Crippen LogP contribution in [0.4, 0.5) is 22.0 Å². The normalized spacial score (nSPS) is 28.0. The van der Waals surface area contributed by atoms with Gasteiger partial charge < -0.3 is 30.1 Å². The summed E-state index contributed by atoms with van der Waals surface area (Å²) < 4.78 is 81.7. The number of carbonyl (C=O) groups is 1. The fourth-order valence-corrected chi connectivity index (χ4v) is 6.80. The molecule has 42 heavy (non-hydrogen) atoms. The van der Waals surface area contributed by atoms with Crippen molar-refractivity contribution in [3.8, 4) is 11.3 Å². The zero-order chi connectivity index (χ0) is 31.0. The molecule has 0 radical (unpaired) electrons. The van der Waals surface area contributed by atoms with E-state index in [0.29, 0.717) is 0 Å². The molecule has 0 spiro atoms. The van der Waals surface area contributed by atoms with Crippen LogP contribution in [-0.4, -0.2) is 96.5 Å². The summed E-state index contributed by atoms with van der Waals surface area (Å²) in [5, 5.41) is 41.8. The first-order valence-electron chi connectivity index (χ1n) is 13.3. The van der Waals surface area contributed by atoms with Crippen LogP contribution in [0.5, 0.6) is 0 Å². The summed E-state index contributed by atoms with van der Waals surface area (Å²) in [5.74, 6) is -8.14. The number of aliphatic hydroxyl groups excluding tert-OH is 2. The van der Waals surface area contributed by atoms with Crippen molar-refractivity contribution in [3.05, 3.63) is 35.8 Å². The molecule has 10 nitrogen and oxygen atoms in total. The number of rotatable bonds is 9. The zero-order valence-electron chi connectivity index (χ0n) is 23.0. The second-order valence-electron chi connectivity index (χ2n) is 10.9. The quantitative estimate of drug-likeness (QED) is 0.245. The van der Waals surface area contributed by atoms with E-state index in [1.54, 1.807) is 13.8 Å². The van der Waals surface area contributed by atoms with Crippen LogP contribution in [0.2, 0.25) is 0 Å². The number of aliphatic hydroxyl groups is 3. The third-order valence-corrected chi connectivity index (χ3v) is 9.04. The van der Waals surface area contributed by atoms with Crippen molar-refractivity contribution in [1.82, 2.24) is 20.3 Å². The van der Waals surface area contributed by atoms with Gasteiger partial charge in [-0.25, -0.2) is 26.6 Å². The number of ether oxygens (including phenoxy) is 2. The molecule has 2 fully saturated rings. The standard InChI is InChI=1S/C26H33F5N4O6S/c1-12(2)32-23(38)22(25(39)4-6-26(30,31)7-5-25)42-24-21(40-3)19(20(37)17(11-36)41-24)35-10-16(33-34-35)13-8-14(27)18(29)15(28)9-13/h8-10,12,17,19-22,24,36-37,39H,4-7,11H2,1-3H3,(H,32,38)/t17-,19+,20+,21-,22?,24+/m1/s1. The highest BCUT2D eigenvalue weighted by atomic mass is 32.2. The smallest absolute Gasteiger partial charge is 0.248 e. The monoisotopic (exact) mass is 624 g/mol. The number of hydrogen-bond acceptors (Lipinski definition) is 9. The van der Waals surface area contributed by atoms with E-state index in [0.717, 1.165) is 28.6 Å². The Kier molecular flexibility index (Phi) is 9.84. The summed E-state index contributed by atoms with van der Waals surface area (Å²) in [4.78, 5) is 13.3. The minimum atomic E-state index is -2.98. The first-order valence-corrected chi connectivity index (χ1v) is 14.2. The minimum Gasteiger partial charge on any atom is -0.394 e. The van der Waals surface area contributed by atoms with Gasteiger partial charge in [-0.1, -0.05) is 5.21 Å². The van der Waals surface area contributed by atoms with Crippen molar-refractivity contribution in [2.24, 2.45) is 0 Å². The van der Waals surface area contributed by atoms with Gasteiger partial charge >= 0.3 is 0 Å². The Morgan fingerprint density at radius 1 is 1.21 bits per heavy atom. The summed E-state index contributed by atoms with van der Waals surface area (Å²) in [6.07, 6.45) is -4.57. The molecule has 2 aliphatic rings. The molecule has 1 unspecified atom stereocenters. The summed E-state index contributed by atoms with van der Waals surface area (Å²) in [5.41, 5.74) is -3.19. The van der Waals surface area contributed by atoms with Gasteiger partial charge in [-0.15, -0.1) is 16.9 Å². The van der Waals surface area contributed by atoms with E-state index in [2.05, 4.69) is 15.6 Å². The number of nitrogens with one attached hydrogen (secondary N) is 1. The maximum atomic E-state index is 14.0. The number of benzene rings is 1. The van der Waals surface area contributed by atoms with Gasteiger partial charge in [0.15, 0.2) is 17.5 Å². The molecule has 1 amide bonds. The van der Waals surface area contributed by atoms with E-state index in [-0.39, 0.29) is 30.1 Å². The van der Waals surface area contributed by atoms with E-state index in [1.807, 2.05) is 0 Å². The Labute approximate surface area is 242 Å². The fourth-order valence-electron chi connectivity index (χ4n) is 5.22. The number of halogens is 5. The van der Waals surface area contributed by atoms with Crippen LogP contribution in [0.1, 0.15) is 45.6 Å². The Bertz CT molecular complexity index is 1240. The van der Waals surface area contributed by atoms with Crippen molar-refractivity contribution in [2.45, 2.75) is 92.1 Å². The number of hydrogen-bond donors (Lipinski definition) is 4. The molecular weight excluding hydrogens is 591 g/mol. The second kappa shape index (κ2) is 12.7. The van der Waals surface area contributed by atoms with Crippen LogP contribution in [0.25, 0.3) is 11.3 Å². The first-order chi connectivity index (χ1) is 19.7. The Balaban J connectivity index is 1.67. The van der Waals surface area contributed by atoms with Crippen LogP contribution in [-0.2, 0) is 14.3 Å². The van der Waals surface area contributed by atoms with E-state index in [4.69, 9.17) is 9.47 Å². The molecule has 4 rings (SSSR count). The van der Waals surface area contributed by atoms with Gasteiger partial charge in [0.05, 0.1) is 18.4 Å². The van der Waals surface area contributed by atoms with E-state index < -0.39 is 89.4 Å². The van der Waals surface area contributed by atoms with Crippen LogP contribution in [0.15, 0.2) is 18.3 Å². The number of amides is 1. The lowest BCUT2D eigenvalue weighted by Gasteiger charge is -2.46. The number of aromatic nitrogens is 3. The summed E-state index contributed by atoms with van der Waals surface area (Å²) >= 11 is 0.803. The topological polar surface area (TPSA) is 139 Å². The van der Waals surface area contributed by atoms with Gasteiger partial charge in [-0.3, -0.25) is 4.79 Å². The third-order valence-electron chi connectivity index (χ3n) is 7.47. The second-order valence-corrected chi connectivity index (χ2v) is 12.1. The number of nitrogens with zero attached hydrogens (tertiary/aromatic N) is 3. The maximum Gasteiger partial charge on any atom is 0.248 e. The third kappa shape index (κ3) is 6.73. The molecule has 2 aromatic rings. The van der Waals surface area contributed by atoms with Crippen LogP contribution >= 0.6 is 11.8 Å². The van der Waals surface area contributed by atoms with Gasteiger partial charge in [0.25, 0.3) is 0 Å². The molecule has 1 aromatic heterocycles. The van der Waals surface area contributed by atoms with E-state index in [9.17, 15) is 42.1 Å². The summed E-state index contributed by atoms with van der Waals surface area (Å²) in [6.45, 7) is 2.71. The molecule has 0 bridgehead atoms. The molecule has 4 N–H and O–H groups in total. The van der Waals surface area contributed by atoms with Crippen LogP contribution in [0, 0.1) is 17.5 Å². The molecule has 234 valence electrons. The molecule has 2 heterocycles. The van der Waals surface area contributed by atoms with Crippen molar-refractivity contribution in [3.63, 3.8) is 0 Å². The van der Waals surface area contributed by atoms with Crippen molar-refractivity contribution >= 4 is 17.7 Å². The zero-order valence-corrected chi connectivity index (χ0v) is 23.8. The van der Waals surface area contributed by atoms with Gasteiger partial charge in [-0.2, -0.15) is 0 Å². The summed E-state index contributed by atoms with van der Waals surface area (Å²) in [7, 11) is 1.28. The van der Waals surface area contributed by atoms with E-state index >= 15 is 0 Å². The van der Waals surface area contributed by atoms with Crippen molar-refractivity contribution in [1.29, 1.82) is 0 Å². The minimum absolute atomic E-state index is 0.0715. The average Bonchev–Trinajstić information content (AvgIpc) is 3.41. The average molecular weight is 625 g/mol. The molecule has 1 saturated heterocycles. The molecule has 1 aromatic carbocycles. The van der Waals surface area contributed by atoms with Crippen LogP contribution < -0.4 is 5.32 Å². The molecule has 1 aliphatic carbocycles. The number of carbonyl (C=O) groups excluding carboxylic acids is 1. The van der Waals surface area contributed by atoms with E-state index in [1.165, 1.54) is 13.3 Å². The number of alkyl halides is 2. The lowest BCUT2D eigenvalue weighted by Crippen LogP contribution is -2.59. The molecule has 1 saturated carbocycles. The SMILES string of the molecule is CO[C@@H]1[C@@H](n2cc(-c3cc(F)c(F)c(F)c3)nn2)[C@@H](O)[C@@H](CO)O[C@H]1SC(C(=O)NC(C)C)C1(O)CCC(F)(F)CC1. The molecule has 1 aliphatic heterocycles. The maximum absolute atomic E-state index is 14.0. The Hall–Kier alpha value is -2.37. The molecule has 16 heteroatoms. The predicted molar refractivity (Wildman–Crippen MR) is 140 cm³/mol.